The molecular formula is C34H35F3N8O4S. The summed E-state index contributed by atoms with van der Waals surface area (Å²) in [6.07, 6.45) is 4.26. The van der Waals surface area contributed by atoms with Gasteiger partial charge in [-0.15, -0.1) is 0 Å². The van der Waals surface area contributed by atoms with E-state index in [0.29, 0.717) is 54.9 Å². The van der Waals surface area contributed by atoms with Gasteiger partial charge in [0, 0.05) is 38.5 Å². The maximum Gasteiger partial charge on any atom is 0.267 e. The Bertz CT molecular complexity index is 1900. The smallest absolute Gasteiger partial charge is 0.267 e. The average molecular weight is 709 g/mol. The van der Waals surface area contributed by atoms with E-state index in [-0.39, 0.29) is 35.0 Å². The van der Waals surface area contributed by atoms with Crippen molar-refractivity contribution in [3.05, 3.63) is 78.0 Å². The molecule has 2 aliphatic rings. The van der Waals surface area contributed by atoms with Crippen molar-refractivity contribution in [3.8, 4) is 17.0 Å². The monoisotopic (exact) mass is 708 g/mol. The second-order valence-corrected chi connectivity index (χ2v) is 13.1. The molecule has 2 fully saturated rings. The quantitative estimate of drug-likeness (QED) is 0.199. The van der Waals surface area contributed by atoms with Crippen molar-refractivity contribution < 1.29 is 32.2 Å². The third kappa shape index (κ3) is 7.21. The molecule has 2 amide bonds. The van der Waals surface area contributed by atoms with Crippen molar-refractivity contribution in [2.24, 2.45) is 0 Å². The van der Waals surface area contributed by atoms with Gasteiger partial charge in [-0.05, 0) is 43.3 Å². The molecule has 12 nitrogen and oxygen atoms in total. The zero-order valence-electron chi connectivity index (χ0n) is 27.6. The van der Waals surface area contributed by atoms with E-state index in [1.54, 1.807) is 37.3 Å². The standard InChI is InChI=1S/C34H35F3N8O4S/c1-5-28(46)45-12-11-43(16-21(45)17-48-3)31-25(44-18-34(2,37)19-44)13-20(14-38-31)24-9-10-26(49-4)30(40-24)42-33-39-15-27(50-33)32(47)41-29-22(35)7-6-8-23(29)36/h5-10,13-15,21H,1,11-12,16-19H2,2-4H3,(H,41,47)(H,39,40,42). The Morgan fingerprint density at radius 3 is 2.54 bits per heavy atom. The van der Waals surface area contributed by atoms with E-state index in [4.69, 9.17) is 19.4 Å². The number of methoxy groups -OCH3 is 2. The van der Waals surface area contributed by atoms with Crippen LogP contribution in [0.5, 0.6) is 5.75 Å². The number of ether oxygens (including phenoxy) is 2. The summed E-state index contributed by atoms with van der Waals surface area (Å²) in [6.45, 7) is 7.31. The molecule has 262 valence electrons. The van der Waals surface area contributed by atoms with Gasteiger partial charge in [-0.25, -0.2) is 28.1 Å². The number of halogens is 3. The number of hydrogen-bond donors (Lipinski definition) is 2. The fourth-order valence-corrected chi connectivity index (χ4v) is 6.67. The van der Waals surface area contributed by atoms with Crippen LogP contribution in [0.1, 0.15) is 16.6 Å². The predicted octanol–water partition coefficient (Wildman–Crippen LogP) is 5.28. The Hall–Kier alpha value is -5.22. The second kappa shape index (κ2) is 14.3. The number of nitrogens with zero attached hydrogens (tertiary/aromatic N) is 6. The van der Waals surface area contributed by atoms with Crippen molar-refractivity contribution >= 4 is 51.3 Å². The van der Waals surface area contributed by atoms with Crippen molar-refractivity contribution in [2.75, 3.05) is 74.0 Å². The number of rotatable bonds is 11. The number of para-hydroxylation sites is 1. The van der Waals surface area contributed by atoms with Crippen LogP contribution in [-0.2, 0) is 9.53 Å². The lowest BCUT2D eigenvalue weighted by Gasteiger charge is -2.46. The molecule has 6 rings (SSSR count). The molecule has 2 N–H and O–H groups in total. The molecule has 0 spiro atoms. The molecule has 4 aromatic rings. The number of anilines is 5. The van der Waals surface area contributed by atoms with Crippen molar-refractivity contribution in [1.29, 1.82) is 0 Å². The molecule has 1 aromatic carbocycles. The summed E-state index contributed by atoms with van der Waals surface area (Å²) in [6, 6.07) is 8.46. The Morgan fingerprint density at radius 1 is 1.10 bits per heavy atom. The fraction of sp³-hybridized carbons (Fsp3) is 0.324. The molecule has 1 unspecified atom stereocenters. The van der Waals surface area contributed by atoms with Gasteiger partial charge < -0.3 is 34.8 Å². The molecule has 0 radical (unpaired) electrons. The van der Waals surface area contributed by atoms with Gasteiger partial charge in [0.2, 0.25) is 5.91 Å². The van der Waals surface area contributed by atoms with Crippen LogP contribution in [-0.4, -0.2) is 96.9 Å². The highest BCUT2D eigenvalue weighted by molar-refractivity contribution is 7.17. The van der Waals surface area contributed by atoms with E-state index in [1.807, 2.05) is 11.0 Å². The molecular weight excluding hydrogens is 673 g/mol. The number of hydrogen-bond acceptors (Lipinski definition) is 11. The minimum atomic E-state index is -1.34. The molecule has 16 heteroatoms. The van der Waals surface area contributed by atoms with E-state index in [0.717, 1.165) is 29.2 Å². The highest BCUT2D eigenvalue weighted by Gasteiger charge is 2.41. The summed E-state index contributed by atoms with van der Waals surface area (Å²) in [7, 11) is 3.07. The first-order valence-corrected chi connectivity index (χ1v) is 16.5. The first kappa shape index (κ1) is 34.6. The van der Waals surface area contributed by atoms with Crippen molar-refractivity contribution in [1.82, 2.24) is 19.9 Å². The predicted molar refractivity (Wildman–Crippen MR) is 185 cm³/mol. The van der Waals surface area contributed by atoms with Crippen LogP contribution in [0, 0.1) is 11.6 Å². The molecule has 5 heterocycles. The van der Waals surface area contributed by atoms with Gasteiger partial charge in [0.25, 0.3) is 5.91 Å². The normalized spacial score (nSPS) is 16.8. The lowest BCUT2D eigenvalue weighted by atomic mass is 9.97. The number of alkyl halides is 1. The maximum absolute atomic E-state index is 14.8. The summed E-state index contributed by atoms with van der Waals surface area (Å²) in [4.78, 5) is 44.9. The second-order valence-electron chi connectivity index (χ2n) is 12.1. The third-order valence-corrected chi connectivity index (χ3v) is 9.27. The Kier molecular flexibility index (Phi) is 9.93. The van der Waals surface area contributed by atoms with Crippen LogP contribution in [0.2, 0.25) is 0 Å². The number of pyridine rings is 2. The van der Waals surface area contributed by atoms with Gasteiger partial charge in [-0.1, -0.05) is 24.0 Å². The van der Waals surface area contributed by atoms with E-state index < -0.39 is 28.9 Å². The number of carbonyl (C=O) groups excluding carboxylic acids is 2. The summed E-state index contributed by atoms with van der Waals surface area (Å²) < 4.78 is 53.8. The minimum absolute atomic E-state index is 0.103. The molecule has 0 aliphatic carbocycles. The lowest BCUT2D eigenvalue weighted by molar-refractivity contribution is -0.129. The summed E-state index contributed by atoms with van der Waals surface area (Å²) in [5.74, 6) is -1.36. The van der Waals surface area contributed by atoms with Gasteiger partial charge in [-0.3, -0.25) is 9.59 Å². The largest absolute Gasteiger partial charge is 0.493 e. The molecule has 50 heavy (non-hydrogen) atoms. The SMILES string of the molecule is C=CC(=O)N1CCN(c2ncc(-c3ccc(OC)c(Nc4ncc(C(=O)Nc5c(F)cccc5F)s4)n3)cc2N2CC(C)(F)C2)CC1COC. The molecule has 0 bridgehead atoms. The highest BCUT2D eigenvalue weighted by Crippen LogP contribution is 2.39. The Balaban J connectivity index is 1.26. The van der Waals surface area contributed by atoms with E-state index in [2.05, 4.69) is 27.1 Å². The molecule has 2 aliphatic heterocycles. The first-order valence-electron chi connectivity index (χ1n) is 15.6. The number of aromatic nitrogens is 3. The average Bonchev–Trinajstić information content (AvgIpc) is 3.57. The van der Waals surface area contributed by atoms with Crippen LogP contribution < -0.4 is 25.2 Å². The highest BCUT2D eigenvalue weighted by atomic mass is 32.1. The molecule has 2 saturated heterocycles. The topological polar surface area (TPSA) is 125 Å². The van der Waals surface area contributed by atoms with Crippen molar-refractivity contribution in [3.63, 3.8) is 0 Å². The Morgan fingerprint density at radius 2 is 1.86 bits per heavy atom. The minimum Gasteiger partial charge on any atom is -0.493 e. The molecule has 0 saturated carbocycles. The molecule has 3 aromatic heterocycles. The van der Waals surface area contributed by atoms with Crippen LogP contribution in [0.25, 0.3) is 11.3 Å². The maximum atomic E-state index is 14.8. The van der Waals surface area contributed by atoms with E-state index in [9.17, 15) is 22.8 Å². The number of benzene rings is 1. The van der Waals surface area contributed by atoms with Gasteiger partial charge in [-0.2, -0.15) is 0 Å². The number of thiazole rings is 1. The van der Waals surface area contributed by atoms with Crippen LogP contribution in [0.4, 0.5) is 41.3 Å². The zero-order chi connectivity index (χ0) is 35.6. The number of piperazine rings is 1. The summed E-state index contributed by atoms with van der Waals surface area (Å²) >= 11 is 0.955. The zero-order valence-corrected chi connectivity index (χ0v) is 28.4. The van der Waals surface area contributed by atoms with Gasteiger partial charge >= 0.3 is 0 Å². The van der Waals surface area contributed by atoms with Crippen LogP contribution in [0.3, 0.4) is 0 Å². The summed E-state index contributed by atoms with van der Waals surface area (Å²) in [5, 5.41) is 5.60. The fourth-order valence-electron chi connectivity index (χ4n) is 5.96. The summed E-state index contributed by atoms with van der Waals surface area (Å²) in [5.41, 5.74) is 0.0155. The van der Waals surface area contributed by atoms with Crippen LogP contribution in [0.15, 0.2) is 61.4 Å². The van der Waals surface area contributed by atoms with Crippen molar-refractivity contribution in [2.45, 2.75) is 18.6 Å². The number of carbonyl (C=O) groups is 2. The number of nitrogens with one attached hydrogen (secondary N) is 2. The van der Waals surface area contributed by atoms with E-state index in [1.165, 1.54) is 25.4 Å². The van der Waals surface area contributed by atoms with E-state index >= 15 is 0 Å². The first-order chi connectivity index (χ1) is 24.0. The molecule has 1 atom stereocenters. The van der Waals surface area contributed by atoms with Gasteiger partial charge in [0.05, 0.1) is 50.4 Å². The number of amides is 2. The Labute approximate surface area is 290 Å². The lowest BCUT2D eigenvalue weighted by Crippen LogP contribution is -2.59. The third-order valence-electron chi connectivity index (χ3n) is 8.36. The van der Waals surface area contributed by atoms with Gasteiger partial charge in [0.1, 0.15) is 27.9 Å². The van der Waals surface area contributed by atoms with Crippen LogP contribution >= 0.6 is 11.3 Å². The van der Waals surface area contributed by atoms with Gasteiger partial charge in [0.15, 0.2) is 22.5 Å².